The average molecular weight is 216 g/mol. The van der Waals surface area contributed by atoms with Crippen LogP contribution in [0.3, 0.4) is 0 Å². The molecule has 0 saturated heterocycles. The Bertz CT molecular complexity index is 501. The number of ketones is 1. The minimum absolute atomic E-state index is 0.00727. The molecular formula is C11H12N4O. The van der Waals surface area contributed by atoms with E-state index in [1.54, 1.807) is 0 Å². The highest BCUT2D eigenvalue weighted by Crippen LogP contribution is 2.13. The lowest BCUT2D eigenvalue weighted by atomic mass is 10.1. The Morgan fingerprint density at radius 3 is 2.62 bits per heavy atom. The zero-order valence-electron chi connectivity index (χ0n) is 9.21. The maximum absolute atomic E-state index is 10.9. The van der Waals surface area contributed by atoms with E-state index >= 15 is 0 Å². The Morgan fingerprint density at radius 2 is 2.00 bits per heavy atom. The third-order valence-electron chi connectivity index (χ3n) is 2.13. The molecule has 0 aliphatic heterocycles. The maximum atomic E-state index is 10.9. The summed E-state index contributed by atoms with van der Waals surface area (Å²) in [6.45, 7) is 3.68. The van der Waals surface area contributed by atoms with Gasteiger partial charge < -0.3 is 0 Å². The normalized spacial score (nSPS) is 10.4. The number of aryl methyl sites for hydroxylation is 1. The maximum Gasteiger partial charge on any atom is 0.204 e. The Morgan fingerprint density at radius 1 is 1.31 bits per heavy atom. The first kappa shape index (κ1) is 10.5. The van der Waals surface area contributed by atoms with Crippen molar-refractivity contribution in [3.8, 4) is 11.4 Å². The second-order valence-electron chi connectivity index (χ2n) is 3.71. The van der Waals surface area contributed by atoms with E-state index in [0.29, 0.717) is 5.82 Å². The van der Waals surface area contributed by atoms with Crippen LogP contribution in [0.15, 0.2) is 24.3 Å². The van der Waals surface area contributed by atoms with E-state index in [0.717, 1.165) is 5.56 Å². The predicted octanol–water partition coefficient (Wildman–Crippen LogP) is 1.24. The SMILES string of the molecule is CC(=O)Cn1nnc(-c2ccc(C)cc2)n1. The summed E-state index contributed by atoms with van der Waals surface area (Å²) in [5.41, 5.74) is 2.08. The van der Waals surface area contributed by atoms with Gasteiger partial charge in [0.15, 0.2) is 5.78 Å². The molecule has 0 aliphatic rings. The topological polar surface area (TPSA) is 60.7 Å². The summed E-state index contributed by atoms with van der Waals surface area (Å²) in [4.78, 5) is 12.2. The zero-order chi connectivity index (χ0) is 11.5. The fraction of sp³-hybridized carbons (Fsp3) is 0.273. The van der Waals surface area contributed by atoms with Gasteiger partial charge in [0.05, 0.1) is 0 Å². The molecule has 0 radical (unpaired) electrons. The van der Waals surface area contributed by atoms with Crippen LogP contribution in [0.4, 0.5) is 0 Å². The number of carbonyl (C=O) groups is 1. The first-order chi connectivity index (χ1) is 7.65. The van der Waals surface area contributed by atoms with E-state index in [1.807, 2.05) is 31.2 Å². The third kappa shape index (κ3) is 2.31. The molecule has 1 aromatic carbocycles. The van der Waals surface area contributed by atoms with Crippen LogP contribution in [0, 0.1) is 6.92 Å². The number of nitrogens with zero attached hydrogens (tertiary/aromatic N) is 4. The first-order valence-electron chi connectivity index (χ1n) is 4.99. The molecule has 0 bridgehead atoms. The highest BCUT2D eigenvalue weighted by Gasteiger charge is 2.06. The first-order valence-corrected chi connectivity index (χ1v) is 4.99. The van der Waals surface area contributed by atoms with E-state index in [-0.39, 0.29) is 12.3 Å². The Hall–Kier alpha value is -2.04. The summed E-state index contributed by atoms with van der Waals surface area (Å²) in [7, 11) is 0. The molecule has 0 aliphatic carbocycles. The summed E-state index contributed by atoms with van der Waals surface area (Å²) < 4.78 is 0. The summed E-state index contributed by atoms with van der Waals surface area (Å²) in [6.07, 6.45) is 0. The van der Waals surface area contributed by atoms with Gasteiger partial charge in [-0.1, -0.05) is 29.8 Å². The second-order valence-corrected chi connectivity index (χ2v) is 3.71. The van der Waals surface area contributed by atoms with Crippen molar-refractivity contribution in [3.63, 3.8) is 0 Å². The molecule has 0 unspecified atom stereocenters. The lowest BCUT2D eigenvalue weighted by Crippen LogP contribution is -2.09. The van der Waals surface area contributed by atoms with Crippen LogP contribution in [0.2, 0.25) is 0 Å². The fourth-order valence-electron chi connectivity index (χ4n) is 1.33. The molecule has 5 nitrogen and oxygen atoms in total. The number of carbonyl (C=O) groups excluding carboxylic acids is 1. The lowest BCUT2D eigenvalue weighted by Gasteiger charge is -1.95. The number of benzene rings is 1. The minimum atomic E-state index is 0.00727. The minimum Gasteiger partial charge on any atom is -0.298 e. The fourth-order valence-corrected chi connectivity index (χ4v) is 1.33. The summed E-state index contributed by atoms with van der Waals surface area (Å²) >= 11 is 0. The van der Waals surface area contributed by atoms with E-state index in [9.17, 15) is 4.79 Å². The van der Waals surface area contributed by atoms with Crippen molar-refractivity contribution in [2.24, 2.45) is 0 Å². The van der Waals surface area contributed by atoms with Crippen LogP contribution >= 0.6 is 0 Å². The third-order valence-corrected chi connectivity index (χ3v) is 2.13. The largest absolute Gasteiger partial charge is 0.298 e. The molecule has 0 amide bonds. The van der Waals surface area contributed by atoms with Crippen LogP contribution in [0.25, 0.3) is 11.4 Å². The molecule has 2 aromatic rings. The van der Waals surface area contributed by atoms with Crippen LogP contribution < -0.4 is 0 Å². The van der Waals surface area contributed by atoms with Gasteiger partial charge in [-0.15, -0.1) is 10.2 Å². The van der Waals surface area contributed by atoms with Gasteiger partial charge in [0, 0.05) is 5.56 Å². The van der Waals surface area contributed by atoms with Crippen molar-refractivity contribution in [1.29, 1.82) is 0 Å². The zero-order valence-corrected chi connectivity index (χ0v) is 9.21. The van der Waals surface area contributed by atoms with Crippen molar-refractivity contribution < 1.29 is 4.79 Å². The monoisotopic (exact) mass is 216 g/mol. The van der Waals surface area contributed by atoms with Gasteiger partial charge in [-0.3, -0.25) is 4.79 Å². The standard InChI is InChI=1S/C11H12N4O/c1-8-3-5-10(6-4-8)11-12-14-15(13-11)7-9(2)16/h3-6H,7H2,1-2H3. The van der Waals surface area contributed by atoms with Gasteiger partial charge in [-0.25, -0.2) is 0 Å². The lowest BCUT2D eigenvalue weighted by molar-refractivity contribution is -0.117. The van der Waals surface area contributed by atoms with Gasteiger partial charge in [-0.05, 0) is 19.1 Å². The van der Waals surface area contributed by atoms with Crippen molar-refractivity contribution in [2.45, 2.75) is 20.4 Å². The number of hydrogen-bond donors (Lipinski definition) is 0. The Kier molecular flexibility index (Phi) is 2.76. The molecule has 0 spiro atoms. The molecule has 5 heteroatoms. The van der Waals surface area contributed by atoms with Crippen molar-refractivity contribution in [1.82, 2.24) is 20.2 Å². The molecule has 2 rings (SSSR count). The number of rotatable bonds is 3. The highest BCUT2D eigenvalue weighted by molar-refractivity contribution is 5.75. The summed E-state index contributed by atoms with van der Waals surface area (Å²) in [5.74, 6) is 0.550. The quantitative estimate of drug-likeness (QED) is 0.774. The van der Waals surface area contributed by atoms with E-state index < -0.39 is 0 Å². The van der Waals surface area contributed by atoms with Gasteiger partial charge in [0.2, 0.25) is 5.82 Å². The predicted molar refractivity (Wildman–Crippen MR) is 58.7 cm³/mol. The molecule has 0 N–H and O–H groups in total. The van der Waals surface area contributed by atoms with E-state index in [1.165, 1.54) is 17.3 Å². The number of tetrazole rings is 1. The van der Waals surface area contributed by atoms with Crippen molar-refractivity contribution in [3.05, 3.63) is 29.8 Å². The molecule has 0 saturated carbocycles. The molecule has 0 fully saturated rings. The molecule has 82 valence electrons. The second kappa shape index (κ2) is 4.22. The van der Waals surface area contributed by atoms with Gasteiger partial charge in [-0.2, -0.15) is 4.80 Å². The Balaban J connectivity index is 2.24. The van der Waals surface area contributed by atoms with Gasteiger partial charge >= 0.3 is 0 Å². The van der Waals surface area contributed by atoms with Gasteiger partial charge in [0.1, 0.15) is 6.54 Å². The van der Waals surface area contributed by atoms with Crippen molar-refractivity contribution in [2.75, 3.05) is 0 Å². The van der Waals surface area contributed by atoms with Crippen LogP contribution in [0.1, 0.15) is 12.5 Å². The molecule has 1 aromatic heterocycles. The Labute approximate surface area is 93.1 Å². The van der Waals surface area contributed by atoms with Crippen LogP contribution in [-0.4, -0.2) is 26.0 Å². The molecule has 0 atom stereocenters. The average Bonchev–Trinajstić information content (AvgIpc) is 2.66. The molecular weight excluding hydrogens is 204 g/mol. The van der Waals surface area contributed by atoms with Crippen LogP contribution in [-0.2, 0) is 11.3 Å². The van der Waals surface area contributed by atoms with E-state index in [4.69, 9.17) is 0 Å². The molecule has 16 heavy (non-hydrogen) atoms. The number of hydrogen-bond acceptors (Lipinski definition) is 4. The van der Waals surface area contributed by atoms with Gasteiger partial charge in [0.25, 0.3) is 0 Å². The number of aromatic nitrogens is 4. The van der Waals surface area contributed by atoms with Crippen LogP contribution in [0.5, 0.6) is 0 Å². The summed E-state index contributed by atoms with van der Waals surface area (Å²) in [6, 6.07) is 7.84. The highest BCUT2D eigenvalue weighted by atomic mass is 16.1. The molecule has 1 heterocycles. The van der Waals surface area contributed by atoms with Crippen molar-refractivity contribution >= 4 is 5.78 Å². The van der Waals surface area contributed by atoms with E-state index in [2.05, 4.69) is 15.4 Å². The number of Topliss-reactive ketones (excluding diaryl/α,β-unsaturated/α-hetero) is 1. The smallest absolute Gasteiger partial charge is 0.204 e. The summed E-state index contributed by atoms with van der Waals surface area (Å²) in [5, 5.41) is 11.8.